The predicted molar refractivity (Wildman–Crippen MR) is 141 cm³/mol. The highest BCUT2D eigenvalue weighted by Gasteiger charge is 2.39. The summed E-state index contributed by atoms with van der Waals surface area (Å²) in [6.45, 7) is 1.83. The van der Waals surface area contributed by atoms with Crippen LogP contribution in [0.3, 0.4) is 0 Å². The molecule has 37 heavy (non-hydrogen) atoms. The molecule has 0 amide bonds. The van der Waals surface area contributed by atoms with Gasteiger partial charge < -0.3 is 24.9 Å². The van der Waals surface area contributed by atoms with Gasteiger partial charge in [0.2, 0.25) is 0 Å². The molecule has 2 fully saturated rings. The number of aliphatic carboxylic acids is 1. The van der Waals surface area contributed by atoms with E-state index in [0.29, 0.717) is 29.0 Å². The van der Waals surface area contributed by atoms with Gasteiger partial charge in [0.1, 0.15) is 6.04 Å². The second kappa shape index (κ2) is 11.4. The quantitative estimate of drug-likeness (QED) is 0.430. The number of rotatable bonds is 10. The summed E-state index contributed by atoms with van der Waals surface area (Å²) in [5.74, 6) is -1.60. The van der Waals surface area contributed by atoms with Gasteiger partial charge in [-0.05, 0) is 87.5 Å². The highest BCUT2D eigenvalue weighted by Crippen LogP contribution is 2.40. The molecule has 1 unspecified atom stereocenters. The minimum atomic E-state index is -1.11. The Hall–Kier alpha value is -2.68. The van der Waals surface area contributed by atoms with Crippen LogP contribution in [0.25, 0.3) is 11.1 Å². The van der Waals surface area contributed by atoms with Crippen molar-refractivity contribution in [2.45, 2.75) is 76.0 Å². The van der Waals surface area contributed by atoms with Crippen LogP contribution >= 0.6 is 11.6 Å². The molecule has 1 aromatic carbocycles. The zero-order valence-electron chi connectivity index (χ0n) is 21.4. The molecule has 4 rings (SSSR count). The summed E-state index contributed by atoms with van der Waals surface area (Å²) in [4.78, 5) is 38.8. The van der Waals surface area contributed by atoms with Crippen LogP contribution in [0.2, 0.25) is 5.02 Å². The number of methoxy groups -OCH3 is 1. The molecule has 0 bridgehead atoms. The Balaban J connectivity index is 1.76. The van der Waals surface area contributed by atoms with Crippen LogP contribution in [0.4, 0.5) is 0 Å². The summed E-state index contributed by atoms with van der Waals surface area (Å²) < 4.78 is 11.9. The van der Waals surface area contributed by atoms with Crippen LogP contribution in [0.1, 0.15) is 73.8 Å². The first-order chi connectivity index (χ1) is 17.6. The summed E-state index contributed by atoms with van der Waals surface area (Å²) >= 11 is 6.32. The van der Waals surface area contributed by atoms with Gasteiger partial charge in [0.05, 0.1) is 18.3 Å². The molecule has 2 aliphatic carbocycles. The number of esters is 1. The Bertz CT molecular complexity index is 1210. The lowest BCUT2D eigenvalue weighted by Crippen LogP contribution is -2.33. The van der Waals surface area contributed by atoms with Crippen molar-refractivity contribution in [1.29, 1.82) is 0 Å². The molecule has 2 aromatic rings. The molecule has 1 atom stereocenters. The predicted octanol–water partition coefficient (Wildman–Crippen LogP) is 4.60. The highest BCUT2D eigenvalue weighted by molar-refractivity contribution is 6.31. The van der Waals surface area contributed by atoms with Gasteiger partial charge in [0.25, 0.3) is 5.56 Å². The second-order valence-electron chi connectivity index (χ2n) is 10.4. The molecular formula is C28H35ClN2O6. The zero-order valence-corrected chi connectivity index (χ0v) is 22.1. The monoisotopic (exact) mass is 530 g/mol. The molecule has 0 spiro atoms. The molecule has 200 valence electrons. The van der Waals surface area contributed by atoms with Crippen molar-refractivity contribution in [2.24, 2.45) is 11.7 Å². The molecule has 0 saturated heterocycles. The number of carbonyl (C=O) groups excluding carboxylic acids is 1. The number of carbonyl (C=O) groups is 2. The average Bonchev–Trinajstić information content (AvgIpc) is 3.60. The van der Waals surface area contributed by atoms with Crippen molar-refractivity contribution >= 4 is 23.5 Å². The van der Waals surface area contributed by atoms with Crippen molar-refractivity contribution < 1.29 is 24.2 Å². The van der Waals surface area contributed by atoms with Gasteiger partial charge in [-0.3, -0.25) is 4.79 Å². The molecule has 0 aliphatic heterocycles. The molecule has 3 N–H and O–H groups in total. The fourth-order valence-corrected chi connectivity index (χ4v) is 5.48. The van der Waals surface area contributed by atoms with Crippen LogP contribution in [0.15, 0.2) is 35.3 Å². The normalized spacial score (nSPS) is 21.3. The molecule has 0 radical (unpaired) electrons. The summed E-state index contributed by atoms with van der Waals surface area (Å²) in [5, 5.41) is 10.5. The molecule has 1 aromatic heterocycles. The Morgan fingerprint density at radius 2 is 1.89 bits per heavy atom. The average molecular weight is 531 g/mol. The maximum absolute atomic E-state index is 13.4. The molecule has 2 saturated carbocycles. The first kappa shape index (κ1) is 27.4. The standard InChI is InChI=1S/C28H35ClN2O6/c1-3-37-27(35)23-16-31(24(26(33)34)12-17-4-8-20(36-2)9-5-17)25(32)14-22(23)21-13-19(29)7-6-18(21)15-28(30)10-11-28/h6-7,13-14,16-17,20,24H,3-5,8-12,15,30H2,1-2H3,(H,33,34)/t17-,20-,24?. The van der Waals surface area contributed by atoms with E-state index in [4.69, 9.17) is 26.8 Å². The van der Waals surface area contributed by atoms with Gasteiger partial charge in [0.15, 0.2) is 0 Å². The summed E-state index contributed by atoms with van der Waals surface area (Å²) in [7, 11) is 1.69. The Kier molecular flexibility index (Phi) is 8.41. The first-order valence-electron chi connectivity index (χ1n) is 12.9. The van der Waals surface area contributed by atoms with Crippen LogP contribution < -0.4 is 11.3 Å². The third-order valence-electron chi connectivity index (χ3n) is 7.68. The Morgan fingerprint density at radius 3 is 2.49 bits per heavy atom. The minimum Gasteiger partial charge on any atom is -0.480 e. The lowest BCUT2D eigenvalue weighted by molar-refractivity contribution is -0.141. The summed E-state index contributed by atoms with van der Waals surface area (Å²) in [6, 6.07) is 5.57. The number of ether oxygens (including phenoxy) is 2. The van der Waals surface area contributed by atoms with E-state index >= 15 is 0 Å². The van der Waals surface area contributed by atoms with Gasteiger partial charge in [0, 0.05) is 35.5 Å². The van der Waals surface area contributed by atoms with E-state index in [0.717, 1.165) is 48.7 Å². The number of aromatic nitrogens is 1. The number of hydrogen-bond donors (Lipinski definition) is 2. The van der Waals surface area contributed by atoms with Crippen molar-refractivity contribution in [3.63, 3.8) is 0 Å². The highest BCUT2D eigenvalue weighted by atomic mass is 35.5. The second-order valence-corrected chi connectivity index (χ2v) is 10.8. The zero-order chi connectivity index (χ0) is 26.7. The maximum Gasteiger partial charge on any atom is 0.340 e. The number of benzene rings is 1. The van der Waals surface area contributed by atoms with E-state index in [9.17, 15) is 19.5 Å². The lowest BCUT2D eigenvalue weighted by atomic mass is 9.83. The number of nitrogens with two attached hydrogens (primary N) is 1. The fraction of sp³-hybridized carbons (Fsp3) is 0.536. The number of carboxylic acid groups (broad SMARTS) is 1. The van der Waals surface area contributed by atoms with Crippen LogP contribution in [0, 0.1) is 5.92 Å². The molecule has 9 heteroatoms. The summed E-state index contributed by atoms with van der Waals surface area (Å²) in [5.41, 5.74) is 7.56. The van der Waals surface area contributed by atoms with E-state index in [2.05, 4.69) is 0 Å². The van der Waals surface area contributed by atoms with E-state index < -0.39 is 23.5 Å². The van der Waals surface area contributed by atoms with E-state index in [1.54, 1.807) is 26.2 Å². The number of carboxylic acids is 1. The minimum absolute atomic E-state index is 0.126. The molecule has 8 nitrogen and oxygen atoms in total. The van der Waals surface area contributed by atoms with Crippen molar-refractivity contribution in [1.82, 2.24) is 4.57 Å². The van der Waals surface area contributed by atoms with Gasteiger partial charge in [-0.25, -0.2) is 9.59 Å². The third kappa shape index (κ3) is 6.43. The van der Waals surface area contributed by atoms with Crippen LogP contribution in [-0.2, 0) is 20.7 Å². The van der Waals surface area contributed by atoms with Crippen molar-refractivity contribution in [2.75, 3.05) is 13.7 Å². The van der Waals surface area contributed by atoms with Gasteiger partial charge in [-0.15, -0.1) is 0 Å². The Labute approximate surface area is 221 Å². The van der Waals surface area contributed by atoms with Crippen LogP contribution in [0.5, 0.6) is 0 Å². The number of halogens is 1. The maximum atomic E-state index is 13.4. The van der Waals surface area contributed by atoms with Crippen LogP contribution in [-0.4, -0.2) is 47.0 Å². The van der Waals surface area contributed by atoms with Gasteiger partial charge in [-0.2, -0.15) is 0 Å². The fourth-order valence-electron chi connectivity index (χ4n) is 5.31. The Morgan fingerprint density at radius 1 is 1.19 bits per heavy atom. The lowest BCUT2D eigenvalue weighted by Gasteiger charge is -2.30. The SMILES string of the molecule is CCOC(=O)c1cn(C(C[C@H]2CC[C@H](OC)CC2)C(=O)O)c(=O)cc1-c1cc(Cl)ccc1CC1(N)CC1. The van der Waals surface area contributed by atoms with Gasteiger partial charge in [-0.1, -0.05) is 17.7 Å². The van der Waals surface area contributed by atoms with E-state index in [1.807, 2.05) is 6.07 Å². The largest absolute Gasteiger partial charge is 0.480 e. The number of pyridine rings is 1. The van der Waals surface area contributed by atoms with Crippen molar-refractivity contribution in [3.05, 3.63) is 57.0 Å². The number of nitrogens with zero attached hydrogens (tertiary/aromatic N) is 1. The molecular weight excluding hydrogens is 496 g/mol. The molecule has 2 aliphatic rings. The topological polar surface area (TPSA) is 121 Å². The van der Waals surface area contributed by atoms with Crippen molar-refractivity contribution in [3.8, 4) is 11.1 Å². The third-order valence-corrected chi connectivity index (χ3v) is 7.91. The smallest absolute Gasteiger partial charge is 0.340 e. The van der Waals surface area contributed by atoms with Gasteiger partial charge >= 0.3 is 11.9 Å². The van der Waals surface area contributed by atoms with E-state index in [1.165, 1.54) is 12.3 Å². The molecule has 1 heterocycles. The summed E-state index contributed by atoms with van der Waals surface area (Å²) in [6.07, 6.45) is 7.56. The van der Waals surface area contributed by atoms with E-state index in [-0.39, 0.29) is 29.7 Å². The number of hydrogen-bond acceptors (Lipinski definition) is 6. The first-order valence-corrected chi connectivity index (χ1v) is 13.3.